The van der Waals surface area contributed by atoms with Gasteiger partial charge < -0.3 is 15.2 Å². The number of aliphatic hydroxyl groups is 1. The molecule has 0 aromatic rings. The van der Waals surface area contributed by atoms with E-state index in [-0.39, 0.29) is 5.91 Å². The van der Waals surface area contributed by atoms with Crippen molar-refractivity contribution in [1.82, 2.24) is 5.32 Å². The number of hydrogen-bond donors (Lipinski definition) is 2. The molecule has 106 valence electrons. The van der Waals surface area contributed by atoms with Gasteiger partial charge in [-0.1, -0.05) is 33.1 Å². The van der Waals surface area contributed by atoms with Crippen molar-refractivity contribution >= 4 is 5.91 Å². The van der Waals surface area contributed by atoms with Gasteiger partial charge in [0.25, 0.3) is 0 Å². The number of carbonyl (C=O) groups excluding carboxylic acids is 1. The van der Waals surface area contributed by atoms with Gasteiger partial charge in [-0.2, -0.15) is 0 Å². The van der Waals surface area contributed by atoms with Crippen LogP contribution in [0.25, 0.3) is 0 Å². The molecular formula is C14H27NO3. The lowest BCUT2D eigenvalue weighted by atomic mass is 9.95. The minimum Gasteiger partial charge on any atom is -0.386 e. The van der Waals surface area contributed by atoms with Gasteiger partial charge in [-0.05, 0) is 12.3 Å². The van der Waals surface area contributed by atoms with E-state index < -0.39 is 5.60 Å². The summed E-state index contributed by atoms with van der Waals surface area (Å²) in [7, 11) is 0. The summed E-state index contributed by atoms with van der Waals surface area (Å²) in [6, 6.07) is 0. The van der Waals surface area contributed by atoms with Gasteiger partial charge in [0.1, 0.15) is 5.60 Å². The van der Waals surface area contributed by atoms with Crippen LogP contribution in [0.5, 0.6) is 0 Å². The maximum atomic E-state index is 11.8. The predicted octanol–water partition coefficient (Wildman–Crippen LogP) is 1.86. The van der Waals surface area contributed by atoms with Crippen LogP contribution in [0.2, 0.25) is 0 Å². The second-order valence-corrected chi connectivity index (χ2v) is 5.42. The summed E-state index contributed by atoms with van der Waals surface area (Å²) in [4.78, 5) is 11.8. The lowest BCUT2D eigenvalue weighted by Crippen LogP contribution is -2.43. The zero-order valence-electron chi connectivity index (χ0n) is 11.7. The van der Waals surface area contributed by atoms with Crippen molar-refractivity contribution in [2.24, 2.45) is 5.92 Å². The number of nitrogens with one attached hydrogen (secondary N) is 1. The Hall–Kier alpha value is -0.610. The van der Waals surface area contributed by atoms with Gasteiger partial charge in [0.15, 0.2) is 0 Å². The second-order valence-electron chi connectivity index (χ2n) is 5.42. The number of amides is 1. The molecule has 2 atom stereocenters. The van der Waals surface area contributed by atoms with E-state index in [1.165, 1.54) is 12.8 Å². The lowest BCUT2D eigenvalue weighted by Gasteiger charge is -2.21. The highest BCUT2D eigenvalue weighted by Crippen LogP contribution is 2.18. The third kappa shape index (κ3) is 5.36. The van der Waals surface area contributed by atoms with Gasteiger partial charge >= 0.3 is 0 Å². The Bertz CT molecular complexity index is 249. The summed E-state index contributed by atoms with van der Waals surface area (Å²) in [6.07, 6.45) is 5.71. The molecule has 1 aliphatic heterocycles. The Morgan fingerprint density at radius 2 is 2.28 bits per heavy atom. The van der Waals surface area contributed by atoms with Crippen LogP contribution in [0.3, 0.4) is 0 Å². The number of unbranched alkanes of at least 4 members (excludes halogenated alkanes) is 1. The van der Waals surface area contributed by atoms with Gasteiger partial charge in [0.2, 0.25) is 5.91 Å². The number of ether oxygens (including phenoxy) is 1. The molecule has 0 aromatic heterocycles. The topological polar surface area (TPSA) is 58.6 Å². The summed E-state index contributed by atoms with van der Waals surface area (Å²) < 4.78 is 5.15. The van der Waals surface area contributed by atoms with Crippen molar-refractivity contribution in [3.8, 4) is 0 Å². The SMILES string of the molecule is CCCC[C@H](CC)CC(=O)NC[C@]1(O)CCOC1. The van der Waals surface area contributed by atoms with Crippen molar-refractivity contribution in [2.45, 2.75) is 58.0 Å². The van der Waals surface area contributed by atoms with E-state index in [4.69, 9.17) is 4.74 Å². The average Bonchev–Trinajstić information content (AvgIpc) is 2.79. The third-order valence-electron chi connectivity index (χ3n) is 3.71. The van der Waals surface area contributed by atoms with Crippen LogP contribution < -0.4 is 5.32 Å². The van der Waals surface area contributed by atoms with E-state index in [1.807, 2.05) is 0 Å². The molecule has 2 N–H and O–H groups in total. The van der Waals surface area contributed by atoms with Crippen LogP contribution in [0, 0.1) is 5.92 Å². The van der Waals surface area contributed by atoms with Gasteiger partial charge in [0, 0.05) is 26.0 Å². The van der Waals surface area contributed by atoms with E-state index >= 15 is 0 Å². The van der Waals surface area contributed by atoms with Crippen LogP contribution in [-0.2, 0) is 9.53 Å². The Morgan fingerprint density at radius 3 is 2.83 bits per heavy atom. The molecule has 1 aliphatic rings. The van der Waals surface area contributed by atoms with Crippen molar-refractivity contribution in [1.29, 1.82) is 0 Å². The van der Waals surface area contributed by atoms with E-state index in [0.29, 0.717) is 38.5 Å². The van der Waals surface area contributed by atoms with Crippen molar-refractivity contribution in [3.05, 3.63) is 0 Å². The molecule has 18 heavy (non-hydrogen) atoms. The summed E-state index contributed by atoms with van der Waals surface area (Å²) >= 11 is 0. The predicted molar refractivity (Wildman–Crippen MR) is 71.3 cm³/mol. The number of hydrogen-bond acceptors (Lipinski definition) is 3. The molecule has 4 heteroatoms. The first-order valence-corrected chi connectivity index (χ1v) is 7.16. The highest BCUT2D eigenvalue weighted by molar-refractivity contribution is 5.76. The van der Waals surface area contributed by atoms with Gasteiger partial charge in [-0.25, -0.2) is 0 Å². The first-order valence-electron chi connectivity index (χ1n) is 7.16. The minimum absolute atomic E-state index is 0.0540. The van der Waals surface area contributed by atoms with E-state index in [1.54, 1.807) is 0 Å². The third-order valence-corrected chi connectivity index (χ3v) is 3.71. The number of rotatable bonds is 8. The maximum Gasteiger partial charge on any atom is 0.220 e. The highest BCUT2D eigenvalue weighted by Gasteiger charge is 2.32. The Balaban J connectivity index is 2.23. The molecule has 4 nitrogen and oxygen atoms in total. The van der Waals surface area contributed by atoms with Crippen molar-refractivity contribution in [2.75, 3.05) is 19.8 Å². The summed E-state index contributed by atoms with van der Waals surface area (Å²) in [5, 5.41) is 12.9. The largest absolute Gasteiger partial charge is 0.386 e. The maximum absolute atomic E-state index is 11.8. The fourth-order valence-electron chi connectivity index (χ4n) is 2.28. The van der Waals surface area contributed by atoms with Gasteiger partial charge in [-0.3, -0.25) is 4.79 Å². The fourth-order valence-corrected chi connectivity index (χ4v) is 2.28. The quantitative estimate of drug-likeness (QED) is 0.698. The van der Waals surface area contributed by atoms with Crippen LogP contribution in [-0.4, -0.2) is 36.4 Å². The Morgan fingerprint density at radius 1 is 1.50 bits per heavy atom. The molecule has 1 rings (SSSR count). The molecule has 0 spiro atoms. The standard InChI is InChI=1S/C14H27NO3/c1-3-5-6-12(4-2)9-13(16)15-10-14(17)7-8-18-11-14/h12,17H,3-11H2,1-2H3,(H,15,16)/t12-,14+/m0/s1. The van der Waals surface area contributed by atoms with E-state index in [9.17, 15) is 9.90 Å². The summed E-state index contributed by atoms with van der Waals surface area (Å²) in [6.45, 7) is 5.53. The first-order chi connectivity index (χ1) is 8.59. The molecule has 0 aromatic carbocycles. The lowest BCUT2D eigenvalue weighted by molar-refractivity contribution is -0.123. The smallest absolute Gasteiger partial charge is 0.220 e. The molecule has 1 heterocycles. The van der Waals surface area contributed by atoms with Crippen molar-refractivity contribution < 1.29 is 14.6 Å². The first kappa shape index (κ1) is 15.4. The average molecular weight is 257 g/mol. The van der Waals surface area contributed by atoms with Crippen LogP contribution in [0.1, 0.15) is 52.4 Å². The molecule has 1 saturated heterocycles. The molecule has 0 unspecified atom stereocenters. The monoisotopic (exact) mass is 257 g/mol. The molecule has 1 amide bonds. The molecule has 1 fully saturated rings. The normalized spacial score (nSPS) is 25.1. The van der Waals surface area contributed by atoms with Crippen LogP contribution in [0.15, 0.2) is 0 Å². The number of carbonyl (C=O) groups is 1. The van der Waals surface area contributed by atoms with Crippen LogP contribution in [0.4, 0.5) is 0 Å². The molecule has 0 saturated carbocycles. The van der Waals surface area contributed by atoms with E-state index in [2.05, 4.69) is 19.2 Å². The zero-order chi connectivity index (χ0) is 13.4. The van der Waals surface area contributed by atoms with Crippen LogP contribution >= 0.6 is 0 Å². The molecule has 0 bridgehead atoms. The minimum atomic E-state index is -0.846. The Kier molecular flexibility index (Phi) is 6.65. The van der Waals surface area contributed by atoms with Gasteiger partial charge in [-0.15, -0.1) is 0 Å². The summed E-state index contributed by atoms with van der Waals surface area (Å²) in [5.41, 5.74) is -0.846. The molecular weight excluding hydrogens is 230 g/mol. The second kappa shape index (κ2) is 7.74. The summed E-state index contributed by atoms with van der Waals surface area (Å²) in [5.74, 6) is 0.526. The highest BCUT2D eigenvalue weighted by atomic mass is 16.5. The molecule has 0 aliphatic carbocycles. The Labute approximate surface area is 110 Å². The van der Waals surface area contributed by atoms with E-state index in [0.717, 1.165) is 12.8 Å². The fraction of sp³-hybridized carbons (Fsp3) is 0.929. The molecule has 0 radical (unpaired) electrons. The van der Waals surface area contributed by atoms with Crippen molar-refractivity contribution in [3.63, 3.8) is 0 Å². The zero-order valence-corrected chi connectivity index (χ0v) is 11.7. The van der Waals surface area contributed by atoms with Gasteiger partial charge in [0.05, 0.1) is 6.61 Å².